The number of likely N-dealkylation sites (tertiary alicyclic amines) is 1. The van der Waals surface area contributed by atoms with Crippen molar-refractivity contribution < 1.29 is 4.74 Å². The van der Waals surface area contributed by atoms with Crippen LogP contribution < -0.4 is 10.6 Å². The molecular weight excluding hydrogens is 314 g/mol. The molecule has 0 bridgehead atoms. The Labute approximate surface area is 154 Å². The minimum atomic E-state index is 0.781. The molecule has 2 heterocycles. The van der Waals surface area contributed by atoms with Crippen LogP contribution in [0.25, 0.3) is 0 Å². The molecule has 2 fully saturated rings. The molecule has 2 aliphatic rings. The van der Waals surface area contributed by atoms with Crippen molar-refractivity contribution in [2.24, 2.45) is 4.99 Å². The van der Waals surface area contributed by atoms with Gasteiger partial charge in [0.25, 0.3) is 0 Å². The van der Waals surface area contributed by atoms with Gasteiger partial charge in [-0.15, -0.1) is 0 Å². The van der Waals surface area contributed by atoms with Gasteiger partial charge in [-0.3, -0.25) is 14.8 Å². The summed E-state index contributed by atoms with van der Waals surface area (Å²) >= 11 is 0. The van der Waals surface area contributed by atoms with Gasteiger partial charge >= 0.3 is 0 Å². The van der Waals surface area contributed by atoms with Crippen LogP contribution >= 0.6 is 0 Å². The largest absolute Gasteiger partial charge is 0.379 e. The second-order valence-electron chi connectivity index (χ2n) is 7.09. The predicted octanol–water partition coefficient (Wildman–Crippen LogP) is 1.53. The van der Waals surface area contributed by atoms with Crippen molar-refractivity contribution >= 4 is 5.96 Å². The minimum Gasteiger partial charge on any atom is -0.379 e. The van der Waals surface area contributed by atoms with E-state index in [0.29, 0.717) is 0 Å². The average molecular weight is 354 g/mol. The number of morpholine rings is 1. The highest BCUT2D eigenvalue weighted by atomic mass is 16.5. The van der Waals surface area contributed by atoms with Crippen LogP contribution in [0.4, 0.5) is 0 Å². The summed E-state index contributed by atoms with van der Waals surface area (Å²) in [5.74, 6) is 0.967. The van der Waals surface area contributed by atoms with E-state index in [2.05, 4.69) is 34.3 Å². The maximum absolute atomic E-state index is 5.39. The van der Waals surface area contributed by atoms with E-state index in [9.17, 15) is 0 Å². The van der Waals surface area contributed by atoms with Gasteiger partial charge in [-0.05, 0) is 39.2 Å². The van der Waals surface area contributed by atoms with Crippen LogP contribution in [0.3, 0.4) is 0 Å². The number of nitrogens with zero attached hydrogens (tertiary/aromatic N) is 3. The lowest BCUT2D eigenvalue weighted by atomic mass is 10.0. The molecule has 25 heavy (non-hydrogen) atoms. The van der Waals surface area contributed by atoms with E-state index in [4.69, 9.17) is 9.73 Å². The first-order valence-electron chi connectivity index (χ1n) is 10.4. The van der Waals surface area contributed by atoms with Crippen LogP contribution in [-0.4, -0.2) is 87.4 Å². The van der Waals surface area contributed by atoms with Gasteiger partial charge in [0.2, 0.25) is 0 Å². The highest BCUT2D eigenvalue weighted by Crippen LogP contribution is 2.18. The van der Waals surface area contributed by atoms with Gasteiger partial charge < -0.3 is 15.4 Å². The lowest BCUT2D eigenvalue weighted by molar-refractivity contribution is 0.0377. The molecule has 2 N–H and O–H groups in total. The summed E-state index contributed by atoms with van der Waals surface area (Å²) in [5, 5.41) is 6.89. The van der Waals surface area contributed by atoms with Gasteiger partial charge in [-0.25, -0.2) is 0 Å². The van der Waals surface area contributed by atoms with E-state index >= 15 is 0 Å². The molecule has 0 saturated carbocycles. The third-order valence-corrected chi connectivity index (χ3v) is 5.26. The first-order chi connectivity index (χ1) is 12.3. The summed E-state index contributed by atoms with van der Waals surface area (Å²) in [6, 6.07) is 0.781. The highest BCUT2D eigenvalue weighted by molar-refractivity contribution is 5.79. The summed E-state index contributed by atoms with van der Waals surface area (Å²) < 4.78 is 5.39. The van der Waals surface area contributed by atoms with Crippen molar-refractivity contribution in [3.05, 3.63) is 0 Å². The van der Waals surface area contributed by atoms with E-state index in [-0.39, 0.29) is 0 Å². The second-order valence-corrected chi connectivity index (χ2v) is 7.09. The fourth-order valence-corrected chi connectivity index (χ4v) is 3.79. The van der Waals surface area contributed by atoms with Gasteiger partial charge in [0, 0.05) is 51.9 Å². The lowest BCUT2D eigenvalue weighted by Crippen LogP contribution is -2.46. The summed E-state index contributed by atoms with van der Waals surface area (Å²) in [5.41, 5.74) is 0. The number of guanidine groups is 1. The number of aliphatic imine (C=N–C) groups is 1. The summed E-state index contributed by atoms with van der Waals surface area (Å²) in [6.07, 6.45) is 6.50. The molecule has 1 unspecified atom stereocenters. The Bertz CT molecular complexity index is 371. The zero-order chi connectivity index (χ0) is 17.7. The Morgan fingerprint density at radius 3 is 2.68 bits per heavy atom. The number of rotatable bonds is 9. The fourth-order valence-electron chi connectivity index (χ4n) is 3.79. The van der Waals surface area contributed by atoms with Crippen molar-refractivity contribution in [1.29, 1.82) is 0 Å². The van der Waals surface area contributed by atoms with Crippen molar-refractivity contribution in [2.45, 2.75) is 52.0 Å². The maximum atomic E-state index is 5.39. The van der Waals surface area contributed by atoms with Gasteiger partial charge in [0.1, 0.15) is 0 Å². The number of hydrogen-bond acceptors (Lipinski definition) is 4. The number of hydrogen-bond donors (Lipinski definition) is 2. The maximum Gasteiger partial charge on any atom is 0.191 e. The first-order valence-corrected chi connectivity index (χ1v) is 10.4. The normalized spacial score (nSPS) is 23.6. The van der Waals surface area contributed by atoms with Crippen LogP contribution in [0.2, 0.25) is 0 Å². The van der Waals surface area contributed by atoms with Crippen molar-refractivity contribution in [3.8, 4) is 0 Å². The molecule has 0 aromatic heterocycles. The third-order valence-electron chi connectivity index (χ3n) is 5.26. The molecule has 1 atom stereocenters. The van der Waals surface area contributed by atoms with E-state index in [1.165, 1.54) is 32.2 Å². The number of nitrogens with one attached hydrogen (secondary N) is 2. The molecule has 6 nitrogen and oxygen atoms in total. The molecule has 146 valence electrons. The van der Waals surface area contributed by atoms with Crippen molar-refractivity contribution in [2.75, 3.05) is 65.6 Å². The third kappa shape index (κ3) is 7.92. The topological polar surface area (TPSA) is 52.1 Å². The molecule has 2 aliphatic heterocycles. The minimum absolute atomic E-state index is 0.781. The molecule has 2 saturated heterocycles. The SMILES string of the molecule is CCNC(=NCCCN1CCOCC1)NCCN1CCCCC1CC. The molecule has 6 heteroatoms. The van der Waals surface area contributed by atoms with E-state index in [0.717, 1.165) is 77.4 Å². The molecule has 0 spiro atoms. The Morgan fingerprint density at radius 1 is 1.08 bits per heavy atom. The molecule has 0 aromatic carbocycles. The first kappa shape index (κ1) is 20.5. The van der Waals surface area contributed by atoms with E-state index in [1.807, 2.05) is 0 Å². The Balaban J connectivity index is 1.64. The Morgan fingerprint density at radius 2 is 1.92 bits per heavy atom. The van der Waals surface area contributed by atoms with Crippen molar-refractivity contribution in [3.63, 3.8) is 0 Å². The lowest BCUT2D eigenvalue weighted by Gasteiger charge is -2.35. The van der Waals surface area contributed by atoms with Crippen molar-refractivity contribution in [1.82, 2.24) is 20.4 Å². The van der Waals surface area contributed by atoms with Gasteiger partial charge in [0.15, 0.2) is 5.96 Å². The smallest absolute Gasteiger partial charge is 0.191 e. The quantitative estimate of drug-likeness (QED) is 0.374. The summed E-state index contributed by atoms with van der Waals surface area (Å²) in [4.78, 5) is 9.86. The highest BCUT2D eigenvalue weighted by Gasteiger charge is 2.19. The molecule has 0 aliphatic carbocycles. The van der Waals surface area contributed by atoms with Crippen LogP contribution in [0, 0.1) is 0 Å². The number of piperidine rings is 1. The Kier molecular flexibility index (Phi) is 10.2. The van der Waals surface area contributed by atoms with E-state index < -0.39 is 0 Å². The van der Waals surface area contributed by atoms with Gasteiger partial charge in [-0.1, -0.05) is 13.3 Å². The van der Waals surface area contributed by atoms with Crippen LogP contribution in [0.1, 0.15) is 46.0 Å². The summed E-state index contributed by atoms with van der Waals surface area (Å²) in [6.45, 7) is 14.6. The molecule has 0 radical (unpaired) electrons. The molecule has 2 rings (SSSR count). The zero-order valence-electron chi connectivity index (χ0n) is 16.4. The Hall–Kier alpha value is -0.850. The second kappa shape index (κ2) is 12.5. The zero-order valence-corrected chi connectivity index (χ0v) is 16.4. The van der Waals surface area contributed by atoms with E-state index in [1.54, 1.807) is 0 Å². The summed E-state index contributed by atoms with van der Waals surface area (Å²) in [7, 11) is 0. The van der Waals surface area contributed by atoms with Gasteiger partial charge in [-0.2, -0.15) is 0 Å². The predicted molar refractivity (Wildman–Crippen MR) is 105 cm³/mol. The molecule has 0 amide bonds. The molecule has 0 aromatic rings. The monoisotopic (exact) mass is 353 g/mol. The van der Waals surface area contributed by atoms with Gasteiger partial charge in [0.05, 0.1) is 13.2 Å². The number of ether oxygens (including phenoxy) is 1. The average Bonchev–Trinajstić information content (AvgIpc) is 2.66. The van der Waals surface area contributed by atoms with Crippen LogP contribution in [0.15, 0.2) is 4.99 Å². The standard InChI is InChI=1S/C19H39N5O/c1-3-18-8-5-6-12-24(18)13-10-22-19(20-4-2)21-9-7-11-23-14-16-25-17-15-23/h18H,3-17H2,1-2H3,(H2,20,21,22). The van der Waals surface area contributed by atoms with Crippen LogP contribution in [0.5, 0.6) is 0 Å². The van der Waals surface area contributed by atoms with Crippen LogP contribution in [-0.2, 0) is 4.74 Å². The fraction of sp³-hybridized carbons (Fsp3) is 0.947. The molecular formula is C19H39N5O.